The molecular weight excluding hydrogens is 345 g/mol. The highest BCUT2D eigenvalue weighted by Gasteiger charge is 2.27. The topological polar surface area (TPSA) is 58.4 Å². The molecule has 0 bridgehead atoms. The third kappa shape index (κ3) is 2.90. The van der Waals surface area contributed by atoms with Crippen molar-refractivity contribution in [3.63, 3.8) is 0 Å². The van der Waals surface area contributed by atoms with Crippen LogP contribution in [-0.2, 0) is 6.42 Å². The maximum Gasteiger partial charge on any atom is 0.258 e. The number of oxazole rings is 1. The Bertz CT molecular complexity index is 1020. The molecule has 3 aromatic rings. The molecule has 1 N–H and O–H groups in total. The average Bonchev–Trinajstić information content (AvgIpc) is 3.31. The highest BCUT2D eigenvalue weighted by Crippen LogP contribution is 2.31. The summed E-state index contributed by atoms with van der Waals surface area (Å²) >= 11 is 0. The number of benzene rings is 2. The fraction of sp³-hybridized carbons (Fsp3) is 0.333. The Morgan fingerprint density at radius 1 is 1.26 bits per heavy atom. The highest BCUT2D eigenvalue weighted by atomic mass is 19.1. The monoisotopic (exact) mass is 365 g/mol. The molecule has 5 rings (SSSR count). The van der Waals surface area contributed by atoms with Crippen molar-refractivity contribution >= 4 is 22.7 Å². The molecule has 2 aliphatic heterocycles. The molecule has 2 aliphatic rings. The van der Waals surface area contributed by atoms with Crippen LogP contribution in [-0.4, -0.2) is 30.5 Å². The van der Waals surface area contributed by atoms with E-state index in [0.29, 0.717) is 28.9 Å². The standard InChI is InChI=1S/C21H20FN3O2/c22-16-5-3-13-7-9-25(18(13)11-16)21(26)14-4-6-19-17(10-14)24-20(27-19)15-2-1-8-23-12-15/h3-6,10-11,15,23H,1-2,7-9,12H2. The van der Waals surface area contributed by atoms with Crippen LogP contribution < -0.4 is 10.2 Å². The first-order valence-electron chi connectivity index (χ1n) is 9.40. The molecule has 1 aromatic heterocycles. The van der Waals surface area contributed by atoms with E-state index in [0.717, 1.165) is 43.8 Å². The molecule has 0 radical (unpaired) electrons. The molecule has 138 valence electrons. The summed E-state index contributed by atoms with van der Waals surface area (Å²) in [5.74, 6) is 0.547. The quantitative estimate of drug-likeness (QED) is 0.753. The first-order chi connectivity index (χ1) is 13.2. The predicted octanol–water partition coefficient (Wildman–Crippen LogP) is 3.64. The van der Waals surface area contributed by atoms with Gasteiger partial charge in [0.15, 0.2) is 11.5 Å². The molecule has 0 spiro atoms. The Hall–Kier alpha value is -2.73. The molecule has 3 heterocycles. The molecule has 1 fully saturated rings. The van der Waals surface area contributed by atoms with Gasteiger partial charge in [-0.2, -0.15) is 0 Å². The van der Waals surface area contributed by atoms with Gasteiger partial charge in [0.1, 0.15) is 11.3 Å². The normalized spacial score (nSPS) is 19.4. The number of carbonyl (C=O) groups excluding carboxylic acids is 1. The van der Waals surface area contributed by atoms with Crippen molar-refractivity contribution in [3.05, 3.63) is 59.2 Å². The molecule has 1 saturated heterocycles. The van der Waals surface area contributed by atoms with Crippen molar-refractivity contribution < 1.29 is 13.6 Å². The predicted molar refractivity (Wildman–Crippen MR) is 101 cm³/mol. The lowest BCUT2D eigenvalue weighted by atomic mass is 10.00. The van der Waals surface area contributed by atoms with E-state index in [1.54, 1.807) is 29.2 Å². The number of rotatable bonds is 2. The van der Waals surface area contributed by atoms with E-state index in [-0.39, 0.29) is 17.6 Å². The summed E-state index contributed by atoms with van der Waals surface area (Å²) < 4.78 is 19.5. The Morgan fingerprint density at radius 3 is 3.04 bits per heavy atom. The largest absolute Gasteiger partial charge is 0.440 e. The zero-order valence-electron chi connectivity index (χ0n) is 14.9. The third-order valence-corrected chi connectivity index (χ3v) is 5.49. The van der Waals surface area contributed by atoms with Gasteiger partial charge in [-0.1, -0.05) is 6.07 Å². The number of hydrogen-bond acceptors (Lipinski definition) is 4. The second kappa shape index (κ2) is 6.46. The Labute approximate surface area is 156 Å². The SMILES string of the molecule is O=C(c1ccc2oc(C3CCCNC3)nc2c1)N1CCc2ccc(F)cc21. The van der Waals surface area contributed by atoms with Crippen molar-refractivity contribution in [1.82, 2.24) is 10.3 Å². The molecular formula is C21H20FN3O2. The van der Waals surface area contributed by atoms with Crippen LogP contribution in [0.5, 0.6) is 0 Å². The number of anilines is 1. The molecule has 6 heteroatoms. The lowest BCUT2D eigenvalue weighted by Gasteiger charge is -2.19. The van der Waals surface area contributed by atoms with E-state index in [4.69, 9.17) is 4.42 Å². The summed E-state index contributed by atoms with van der Waals surface area (Å²) in [5, 5.41) is 3.37. The Kier molecular flexibility index (Phi) is 3.93. The van der Waals surface area contributed by atoms with E-state index in [1.165, 1.54) is 12.1 Å². The highest BCUT2D eigenvalue weighted by molar-refractivity contribution is 6.08. The minimum atomic E-state index is -0.328. The van der Waals surface area contributed by atoms with Gasteiger partial charge >= 0.3 is 0 Å². The first kappa shape index (κ1) is 16.4. The number of halogens is 1. The van der Waals surface area contributed by atoms with E-state index in [1.807, 2.05) is 0 Å². The number of carbonyl (C=O) groups is 1. The van der Waals surface area contributed by atoms with Gasteiger partial charge in [-0.05, 0) is 61.7 Å². The Balaban J connectivity index is 1.45. The number of hydrogen-bond donors (Lipinski definition) is 1. The minimum Gasteiger partial charge on any atom is -0.440 e. The van der Waals surface area contributed by atoms with Gasteiger partial charge in [-0.3, -0.25) is 4.79 Å². The molecule has 1 atom stereocenters. The van der Waals surface area contributed by atoms with E-state index < -0.39 is 0 Å². The minimum absolute atomic E-state index is 0.134. The first-order valence-corrected chi connectivity index (χ1v) is 9.40. The van der Waals surface area contributed by atoms with Gasteiger partial charge in [-0.25, -0.2) is 9.37 Å². The summed E-state index contributed by atoms with van der Waals surface area (Å²) in [6, 6.07) is 9.97. The number of aromatic nitrogens is 1. The van der Waals surface area contributed by atoms with Gasteiger partial charge in [0, 0.05) is 24.6 Å². The summed E-state index contributed by atoms with van der Waals surface area (Å²) in [7, 11) is 0. The van der Waals surface area contributed by atoms with Crippen LogP contribution >= 0.6 is 0 Å². The van der Waals surface area contributed by atoms with Crippen molar-refractivity contribution in [1.29, 1.82) is 0 Å². The molecule has 1 amide bonds. The summed E-state index contributed by atoms with van der Waals surface area (Å²) in [6.07, 6.45) is 2.91. The van der Waals surface area contributed by atoms with Gasteiger partial charge in [0.25, 0.3) is 5.91 Å². The number of amides is 1. The van der Waals surface area contributed by atoms with Gasteiger partial charge in [-0.15, -0.1) is 0 Å². The second-order valence-electron chi connectivity index (χ2n) is 7.26. The van der Waals surface area contributed by atoms with Crippen molar-refractivity contribution in [2.24, 2.45) is 0 Å². The average molecular weight is 365 g/mol. The van der Waals surface area contributed by atoms with E-state index in [9.17, 15) is 9.18 Å². The molecule has 1 unspecified atom stereocenters. The zero-order chi connectivity index (χ0) is 18.4. The van der Waals surface area contributed by atoms with Crippen LogP contribution in [0.3, 0.4) is 0 Å². The van der Waals surface area contributed by atoms with Crippen LogP contribution in [0.4, 0.5) is 10.1 Å². The summed E-state index contributed by atoms with van der Waals surface area (Å²) in [4.78, 5) is 19.3. The number of piperidine rings is 1. The molecule has 2 aromatic carbocycles. The fourth-order valence-corrected chi connectivity index (χ4v) is 4.03. The van der Waals surface area contributed by atoms with E-state index >= 15 is 0 Å². The van der Waals surface area contributed by atoms with Crippen LogP contribution in [0.15, 0.2) is 40.8 Å². The molecule has 0 aliphatic carbocycles. The lowest BCUT2D eigenvalue weighted by molar-refractivity contribution is 0.0989. The van der Waals surface area contributed by atoms with Crippen LogP contribution in [0, 0.1) is 5.82 Å². The Morgan fingerprint density at radius 2 is 2.19 bits per heavy atom. The molecule has 27 heavy (non-hydrogen) atoms. The second-order valence-corrected chi connectivity index (χ2v) is 7.26. The van der Waals surface area contributed by atoms with Crippen molar-refractivity contribution in [2.75, 3.05) is 24.5 Å². The van der Waals surface area contributed by atoms with Gasteiger partial charge in [0.2, 0.25) is 0 Å². The van der Waals surface area contributed by atoms with Crippen LogP contribution in [0.1, 0.15) is 40.6 Å². The van der Waals surface area contributed by atoms with Crippen LogP contribution in [0.2, 0.25) is 0 Å². The van der Waals surface area contributed by atoms with Crippen molar-refractivity contribution in [2.45, 2.75) is 25.2 Å². The molecule has 5 nitrogen and oxygen atoms in total. The maximum atomic E-state index is 13.6. The fourth-order valence-electron chi connectivity index (χ4n) is 4.03. The lowest BCUT2D eigenvalue weighted by Crippen LogP contribution is -2.28. The third-order valence-electron chi connectivity index (χ3n) is 5.49. The smallest absolute Gasteiger partial charge is 0.258 e. The number of nitrogens with one attached hydrogen (secondary N) is 1. The molecule has 0 saturated carbocycles. The zero-order valence-corrected chi connectivity index (χ0v) is 14.9. The van der Waals surface area contributed by atoms with Gasteiger partial charge in [0.05, 0.1) is 5.69 Å². The van der Waals surface area contributed by atoms with Gasteiger partial charge < -0.3 is 14.6 Å². The maximum absolute atomic E-state index is 13.6. The summed E-state index contributed by atoms with van der Waals surface area (Å²) in [6.45, 7) is 2.47. The summed E-state index contributed by atoms with van der Waals surface area (Å²) in [5.41, 5.74) is 3.59. The number of fused-ring (bicyclic) bond motifs is 2. The van der Waals surface area contributed by atoms with Crippen LogP contribution in [0.25, 0.3) is 11.1 Å². The van der Waals surface area contributed by atoms with Crippen molar-refractivity contribution in [3.8, 4) is 0 Å². The van der Waals surface area contributed by atoms with E-state index in [2.05, 4.69) is 10.3 Å². The number of nitrogens with zero attached hydrogens (tertiary/aromatic N) is 2.